The van der Waals surface area contributed by atoms with Crippen LogP contribution in [0.5, 0.6) is 0 Å². The Morgan fingerprint density at radius 1 is 1.25 bits per heavy atom. The summed E-state index contributed by atoms with van der Waals surface area (Å²) < 4.78 is 0. The van der Waals surface area contributed by atoms with E-state index in [0.29, 0.717) is 6.42 Å². The lowest BCUT2D eigenvalue weighted by molar-refractivity contribution is -0.121. The molecular formula is C13H30N2O. The molecule has 0 spiro atoms. The number of nitrogens with one attached hydrogen (secondary N) is 1. The zero-order valence-corrected chi connectivity index (χ0v) is 12.2. The topological polar surface area (TPSA) is 32.3 Å². The summed E-state index contributed by atoms with van der Waals surface area (Å²) in [4.78, 5) is 13.4. The fourth-order valence-electron chi connectivity index (χ4n) is 1.57. The second kappa shape index (κ2) is 9.64. The van der Waals surface area contributed by atoms with Crippen LogP contribution in [0.25, 0.3) is 0 Å². The molecule has 0 saturated carbocycles. The molecule has 98 valence electrons. The van der Waals surface area contributed by atoms with Gasteiger partial charge in [-0.05, 0) is 25.9 Å². The second-order valence-electron chi connectivity index (χ2n) is 4.93. The van der Waals surface area contributed by atoms with E-state index in [9.17, 15) is 4.79 Å². The van der Waals surface area contributed by atoms with Gasteiger partial charge in [-0.1, -0.05) is 34.6 Å². The van der Waals surface area contributed by atoms with Crippen LogP contribution in [0.15, 0.2) is 0 Å². The van der Waals surface area contributed by atoms with Crippen molar-refractivity contribution in [3.8, 4) is 0 Å². The van der Waals surface area contributed by atoms with E-state index in [1.807, 2.05) is 20.8 Å². The number of hydrogen-bond donors (Lipinski definition) is 1. The molecule has 3 heteroatoms. The summed E-state index contributed by atoms with van der Waals surface area (Å²) in [5, 5.41) is 2.96. The van der Waals surface area contributed by atoms with Gasteiger partial charge in [0, 0.05) is 19.5 Å². The first-order valence-electron chi connectivity index (χ1n) is 6.29. The maximum Gasteiger partial charge on any atom is 0.220 e. The molecule has 1 amide bonds. The molecule has 0 aromatic carbocycles. The molecular weight excluding hydrogens is 200 g/mol. The number of carbonyl (C=O) groups is 1. The maximum atomic E-state index is 11.3. The van der Waals surface area contributed by atoms with E-state index >= 15 is 0 Å². The van der Waals surface area contributed by atoms with Gasteiger partial charge in [-0.3, -0.25) is 4.79 Å². The van der Waals surface area contributed by atoms with Crippen LogP contribution in [-0.4, -0.2) is 38.0 Å². The van der Waals surface area contributed by atoms with E-state index in [2.05, 4.69) is 38.2 Å². The summed E-state index contributed by atoms with van der Waals surface area (Å²) in [6.45, 7) is 12.1. The SMILES string of the molecule is CC.CCCC(=O)NCC(C)(C)CN(C)C. The molecule has 1 N–H and O–H groups in total. The molecule has 0 aromatic heterocycles. The maximum absolute atomic E-state index is 11.3. The third kappa shape index (κ3) is 11.5. The molecule has 0 aliphatic rings. The standard InChI is InChI=1S/C11H24N2O.C2H6/c1-6-7-10(14)12-8-11(2,3)9-13(4)5;1-2/h6-9H2,1-5H3,(H,12,14);1-2H3. The molecule has 0 aliphatic carbocycles. The average molecular weight is 230 g/mol. The van der Waals surface area contributed by atoms with Crippen molar-refractivity contribution in [1.82, 2.24) is 10.2 Å². The average Bonchev–Trinajstić information content (AvgIpc) is 2.17. The van der Waals surface area contributed by atoms with Crippen molar-refractivity contribution in [3.63, 3.8) is 0 Å². The van der Waals surface area contributed by atoms with Crippen LogP contribution in [0, 0.1) is 5.41 Å². The van der Waals surface area contributed by atoms with Crippen LogP contribution < -0.4 is 5.32 Å². The molecule has 0 rings (SSSR count). The molecule has 0 atom stereocenters. The number of carbonyl (C=O) groups excluding carboxylic acids is 1. The molecule has 16 heavy (non-hydrogen) atoms. The Morgan fingerprint density at radius 3 is 2.12 bits per heavy atom. The van der Waals surface area contributed by atoms with Crippen molar-refractivity contribution in [3.05, 3.63) is 0 Å². The second-order valence-corrected chi connectivity index (χ2v) is 4.93. The van der Waals surface area contributed by atoms with Crippen molar-refractivity contribution in [2.75, 3.05) is 27.2 Å². The predicted molar refractivity (Wildman–Crippen MR) is 71.6 cm³/mol. The van der Waals surface area contributed by atoms with Gasteiger partial charge >= 0.3 is 0 Å². The van der Waals surface area contributed by atoms with E-state index in [4.69, 9.17) is 0 Å². The molecule has 0 aromatic rings. The minimum Gasteiger partial charge on any atom is -0.356 e. The Balaban J connectivity index is 0. The van der Waals surface area contributed by atoms with Crippen molar-refractivity contribution >= 4 is 5.91 Å². The lowest BCUT2D eigenvalue weighted by Crippen LogP contribution is -2.39. The molecule has 0 unspecified atom stereocenters. The van der Waals surface area contributed by atoms with Crippen LogP contribution in [0.3, 0.4) is 0 Å². The highest BCUT2D eigenvalue weighted by Crippen LogP contribution is 2.14. The summed E-state index contributed by atoms with van der Waals surface area (Å²) in [5.41, 5.74) is 0.146. The Hall–Kier alpha value is -0.570. The van der Waals surface area contributed by atoms with E-state index in [0.717, 1.165) is 19.5 Å². The van der Waals surface area contributed by atoms with Gasteiger partial charge in [-0.2, -0.15) is 0 Å². The quantitative estimate of drug-likeness (QED) is 0.760. The van der Waals surface area contributed by atoms with Crippen molar-refractivity contribution < 1.29 is 4.79 Å². The Labute approximate surface area is 102 Å². The minimum absolute atomic E-state index is 0.146. The van der Waals surface area contributed by atoms with Gasteiger partial charge in [0.2, 0.25) is 5.91 Å². The van der Waals surface area contributed by atoms with Gasteiger partial charge in [0.05, 0.1) is 0 Å². The third-order valence-corrected chi connectivity index (χ3v) is 1.99. The Bertz CT molecular complexity index is 177. The van der Waals surface area contributed by atoms with Gasteiger partial charge in [-0.25, -0.2) is 0 Å². The zero-order chi connectivity index (χ0) is 13.2. The van der Waals surface area contributed by atoms with Gasteiger partial charge in [0.25, 0.3) is 0 Å². The van der Waals surface area contributed by atoms with E-state index in [1.54, 1.807) is 0 Å². The first-order chi connectivity index (χ1) is 7.37. The first-order valence-corrected chi connectivity index (χ1v) is 6.29. The van der Waals surface area contributed by atoms with Crippen LogP contribution in [0.2, 0.25) is 0 Å². The highest BCUT2D eigenvalue weighted by Gasteiger charge is 2.19. The van der Waals surface area contributed by atoms with Gasteiger partial charge in [0.15, 0.2) is 0 Å². The summed E-state index contributed by atoms with van der Waals surface area (Å²) >= 11 is 0. The van der Waals surface area contributed by atoms with Crippen molar-refractivity contribution in [2.45, 2.75) is 47.5 Å². The van der Waals surface area contributed by atoms with Crippen LogP contribution in [0.4, 0.5) is 0 Å². The predicted octanol–water partition coefficient (Wildman–Crippen LogP) is 2.52. The monoisotopic (exact) mass is 230 g/mol. The van der Waals surface area contributed by atoms with E-state index < -0.39 is 0 Å². The van der Waals surface area contributed by atoms with Crippen LogP contribution in [-0.2, 0) is 4.79 Å². The van der Waals surface area contributed by atoms with Crippen molar-refractivity contribution in [2.24, 2.45) is 5.41 Å². The highest BCUT2D eigenvalue weighted by molar-refractivity contribution is 5.75. The fourth-order valence-corrected chi connectivity index (χ4v) is 1.57. The third-order valence-electron chi connectivity index (χ3n) is 1.99. The smallest absolute Gasteiger partial charge is 0.220 e. The van der Waals surface area contributed by atoms with Crippen molar-refractivity contribution in [1.29, 1.82) is 0 Å². The molecule has 0 heterocycles. The summed E-state index contributed by atoms with van der Waals surface area (Å²) in [5.74, 6) is 0.166. The van der Waals surface area contributed by atoms with Gasteiger partial charge in [-0.15, -0.1) is 0 Å². The van der Waals surface area contributed by atoms with E-state index in [-0.39, 0.29) is 11.3 Å². The number of nitrogens with zero attached hydrogens (tertiary/aromatic N) is 1. The molecule has 3 nitrogen and oxygen atoms in total. The lowest BCUT2D eigenvalue weighted by atomic mass is 9.93. The number of hydrogen-bond acceptors (Lipinski definition) is 2. The minimum atomic E-state index is 0.146. The first kappa shape index (κ1) is 17.8. The molecule has 0 radical (unpaired) electrons. The molecule has 0 aliphatic heterocycles. The largest absolute Gasteiger partial charge is 0.356 e. The Kier molecular flexibility index (Phi) is 10.7. The van der Waals surface area contributed by atoms with Gasteiger partial charge < -0.3 is 10.2 Å². The van der Waals surface area contributed by atoms with Crippen LogP contribution >= 0.6 is 0 Å². The Morgan fingerprint density at radius 2 is 1.75 bits per heavy atom. The lowest BCUT2D eigenvalue weighted by Gasteiger charge is -2.28. The number of rotatable bonds is 6. The highest BCUT2D eigenvalue weighted by atomic mass is 16.1. The normalized spacial score (nSPS) is 10.8. The fraction of sp³-hybridized carbons (Fsp3) is 0.923. The summed E-state index contributed by atoms with van der Waals surface area (Å²) in [6, 6.07) is 0. The molecule has 0 fully saturated rings. The van der Waals surface area contributed by atoms with Crippen LogP contribution in [0.1, 0.15) is 47.5 Å². The molecule has 0 saturated heterocycles. The molecule has 0 bridgehead atoms. The zero-order valence-electron chi connectivity index (χ0n) is 12.2. The van der Waals surface area contributed by atoms with E-state index in [1.165, 1.54) is 0 Å². The number of amides is 1. The summed E-state index contributed by atoms with van der Waals surface area (Å²) in [6.07, 6.45) is 1.55. The summed E-state index contributed by atoms with van der Waals surface area (Å²) in [7, 11) is 4.10. The van der Waals surface area contributed by atoms with Gasteiger partial charge in [0.1, 0.15) is 0 Å².